The van der Waals surface area contributed by atoms with Gasteiger partial charge in [0.25, 0.3) is 0 Å². The fourth-order valence-electron chi connectivity index (χ4n) is 8.21. The van der Waals surface area contributed by atoms with Crippen LogP contribution >= 0.6 is 0 Å². The van der Waals surface area contributed by atoms with E-state index in [0.29, 0.717) is 17.8 Å². The van der Waals surface area contributed by atoms with Gasteiger partial charge in [0.2, 0.25) is 0 Å². The summed E-state index contributed by atoms with van der Waals surface area (Å²) in [4.78, 5) is 38.9. The van der Waals surface area contributed by atoms with Gasteiger partial charge < -0.3 is 23.5 Å². The van der Waals surface area contributed by atoms with Crippen LogP contribution in [-0.2, 0) is 38.7 Å². The molecule has 192 valence electrons. The van der Waals surface area contributed by atoms with Crippen LogP contribution in [0.2, 0.25) is 0 Å². The molecular formula is C25H25O10S-. The van der Waals surface area contributed by atoms with Crippen LogP contribution in [0.25, 0.3) is 0 Å². The molecule has 6 bridgehead atoms. The van der Waals surface area contributed by atoms with Crippen molar-refractivity contribution in [1.29, 1.82) is 0 Å². The Morgan fingerprint density at radius 1 is 0.944 bits per heavy atom. The van der Waals surface area contributed by atoms with Crippen molar-refractivity contribution in [3.05, 3.63) is 24.3 Å². The van der Waals surface area contributed by atoms with E-state index in [1.165, 1.54) is 31.4 Å². The SMILES string of the molecule is O=C1OC2C(OC(=O)C34CC5CC(CC(C5)C3)C4)C3OC2C1C3C(=O)Oc1ccc(S(=O)(=O)[O-])cc1. The minimum atomic E-state index is -4.64. The van der Waals surface area contributed by atoms with E-state index in [-0.39, 0.29) is 11.7 Å². The summed E-state index contributed by atoms with van der Waals surface area (Å²) in [5.74, 6) is -1.84. The summed E-state index contributed by atoms with van der Waals surface area (Å²) in [7, 11) is -4.64. The summed E-state index contributed by atoms with van der Waals surface area (Å²) in [5, 5.41) is 0. The van der Waals surface area contributed by atoms with Crippen LogP contribution in [0, 0.1) is 35.0 Å². The standard InChI is InChI=1S/C25H26O10S/c26-22(32-14-1-3-15(4-2-14)36(29,30)31)16-17-18-20(34-23(17)27)21(19(16)33-18)35-24(28)25-8-11-5-12(9-25)7-13(6-11)10-25/h1-4,11-13,16-21H,5-10H2,(H,29,30,31)/p-1. The van der Waals surface area contributed by atoms with Gasteiger partial charge in [-0.2, -0.15) is 0 Å². The van der Waals surface area contributed by atoms with E-state index < -0.39 is 68.6 Å². The Kier molecular flexibility index (Phi) is 4.74. The summed E-state index contributed by atoms with van der Waals surface area (Å²) in [6.45, 7) is 0. The van der Waals surface area contributed by atoms with Gasteiger partial charge in [-0.25, -0.2) is 8.42 Å². The number of esters is 3. The number of benzene rings is 1. The van der Waals surface area contributed by atoms with Crippen LogP contribution in [0.15, 0.2) is 29.2 Å². The molecule has 6 unspecified atom stereocenters. The van der Waals surface area contributed by atoms with E-state index >= 15 is 0 Å². The lowest BCUT2D eigenvalue weighted by atomic mass is 9.49. The highest BCUT2D eigenvalue weighted by atomic mass is 32.2. The molecule has 0 N–H and O–H groups in total. The molecule has 7 fully saturated rings. The largest absolute Gasteiger partial charge is 0.744 e. The highest BCUT2D eigenvalue weighted by Gasteiger charge is 2.72. The number of ether oxygens (including phenoxy) is 4. The van der Waals surface area contributed by atoms with Crippen molar-refractivity contribution in [2.24, 2.45) is 35.0 Å². The maximum Gasteiger partial charge on any atom is 0.318 e. The van der Waals surface area contributed by atoms with E-state index in [9.17, 15) is 27.4 Å². The predicted molar refractivity (Wildman–Crippen MR) is 116 cm³/mol. The normalized spacial score (nSPS) is 43.5. The second-order valence-electron chi connectivity index (χ2n) is 11.4. The van der Waals surface area contributed by atoms with Crippen LogP contribution in [0.3, 0.4) is 0 Å². The van der Waals surface area contributed by atoms with Gasteiger partial charge in [-0.3, -0.25) is 14.4 Å². The summed E-state index contributed by atoms with van der Waals surface area (Å²) in [6.07, 6.45) is 2.84. The lowest BCUT2D eigenvalue weighted by Gasteiger charge is -2.55. The summed E-state index contributed by atoms with van der Waals surface area (Å²) in [6, 6.07) is 4.46. The third-order valence-electron chi connectivity index (χ3n) is 9.22. The zero-order chi connectivity index (χ0) is 25.0. The topological polar surface area (TPSA) is 145 Å². The number of rotatable bonds is 5. The Morgan fingerprint density at radius 2 is 1.56 bits per heavy atom. The van der Waals surface area contributed by atoms with E-state index in [1.807, 2.05) is 0 Å². The highest BCUT2D eigenvalue weighted by Crippen LogP contribution is 2.61. The van der Waals surface area contributed by atoms with Gasteiger partial charge in [0.05, 0.1) is 10.3 Å². The van der Waals surface area contributed by atoms with Crippen molar-refractivity contribution in [2.45, 2.75) is 67.8 Å². The molecule has 1 aromatic rings. The van der Waals surface area contributed by atoms with Crippen molar-refractivity contribution in [2.75, 3.05) is 0 Å². The van der Waals surface area contributed by atoms with Gasteiger partial charge in [-0.1, -0.05) is 0 Å². The Hall–Kier alpha value is -2.50. The molecule has 11 heteroatoms. The first-order chi connectivity index (χ1) is 17.1. The van der Waals surface area contributed by atoms with Crippen molar-refractivity contribution >= 4 is 28.0 Å². The third kappa shape index (κ3) is 3.28. The molecule has 0 amide bonds. The molecule has 0 aromatic heterocycles. The maximum absolute atomic E-state index is 13.6. The van der Waals surface area contributed by atoms with Crippen molar-refractivity contribution in [3.8, 4) is 5.75 Å². The first kappa shape index (κ1) is 22.7. The number of carbonyl (C=O) groups is 3. The second-order valence-corrected chi connectivity index (χ2v) is 12.8. The molecule has 10 nitrogen and oxygen atoms in total. The Morgan fingerprint density at radius 3 is 2.14 bits per heavy atom. The first-order valence-electron chi connectivity index (χ1n) is 12.5. The highest BCUT2D eigenvalue weighted by molar-refractivity contribution is 7.85. The minimum Gasteiger partial charge on any atom is -0.744 e. The van der Waals surface area contributed by atoms with Crippen LogP contribution in [0.1, 0.15) is 38.5 Å². The van der Waals surface area contributed by atoms with E-state index in [1.54, 1.807) is 0 Å². The average molecular weight is 518 g/mol. The summed E-state index contributed by atoms with van der Waals surface area (Å²) >= 11 is 0. The van der Waals surface area contributed by atoms with Crippen molar-refractivity contribution in [3.63, 3.8) is 0 Å². The molecular weight excluding hydrogens is 492 g/mol. The molecule has 3 saturated heterocycles. The molecule has 4 saturated carbocycles. The van der Waals surface area contributed by atoms with Gasteiger partial charge in [0.15, 0.2) is 12.2 Å². The van der Waals surface area contributed by atoms with Gasteiger partial charge >= 0.3 is 17.9 Å². The van der Waals surface area contributed by atoms with Crippen LogP contribution in [0.4, 0.5) is 0 Å². The molecule has 3 aliphatic heterocycles. The maximum atomic E-state index is 13.6. The Bertz CT molecular complexity index is 1220. The van der Waals surface area contributed by atoms with Crippen molar-refractivity contribution in [1.82, 2.24) is 0 Å². The quantitative estimate of drug-likeness (QED) is 0.320. The minimum absolute atomic E-state index is 0.0141. The molecule has 0 spiro atoms. The molecule has 3 heterocycles. The molecule has 36 heavy (non-hydrogen) atoms. The second kappa shape index (κ2) is 7.52. The molecule has 6 atom stereocenters. The van der Waals surface area contributed by atoms with Crippen LogP contribution in [-0.4, -0.2) is 55.3 Å². The third-order valence-corrected chi connectivity index (χ3v) is 10.1. The number of hydrogen-bond acceptors (Lipinski definition) is 10. The van der Waals surface area contributed by atoms with Crippen LogP contribution < -0.4 is 4.74 Å². The Labute approximate surface area is 207 Å². The molecule has 8 rings (SSSR count). The zero-order valence-corrected chi connectivity index (χ0v) is 20.1. The van der Waals surface area contributed by atoms with Gasteiger partial charge in [-0.15, -0.1) is 0 Å². The number of hydrogen-bond donors (Lipinski definition) is 0. The van der Waals surface area contributed by atoms with Crippen LogP contribution in [0.5, 0.6) is 5.75 Å². The molecule has 0 radical (unpaired) electrons. The molecule has 4 aliphatic carbocycles. The monoisotopic (exact) mass is 517 g/mol. The Balaban J connectivity index is 1.10. The fraction of sp³-hybridized carbons (Fsp3) is 0.640. The van der Waals surface area contributed by atoms with E-state index in [4.69, 9.17) is 18.9 Å². The lowest BCUT2D eigenvalue weighted by Crippen LogP contribution is -2.54. The van der Waals surface area contributed by atoms with Gasteiger partial charge in [-0.05, 0) is 80.5 Å². The van der Waals surface area contributed by atoms with Crippen molar-refractivity contribution < 1.29 is 46.3 Å². The average Bonchev–Trinajstić information content (AvgIpc) is 3.42. The van der Waals surface area contributed by atoms with E-state index in [2.05, 4.69) is 0 Å². The fourth-order valence-corrected chi connectivity index (χ4v) is 8.68. The summed E-state index contributed by atoms with van der Waals surface area (Å²) < 4.78 is 56.3. The van der Waals surface area contributed by atoms with Gasteiger partial charge in [0.1, 0.15) is 39.9 Å². The molecule has 1 aromatic carbocycles. The number of fused-ring (bicyclic) bond motifs is 1. The molecule has 7 aliphatic rings. The predicted octanol–water partition coefficient (Wildman–Crippen LogP) is 1.56. The lowest BCUT2D eigenvalue weighted by molar-refractivity contribution is -0.185. The van der Waals surface area contributed by atoms with E-state index in [0.717, 1.165) is 31.4 Å². The first-order valence-corrected chi connectivity index (χ1v) is 13.9. The number of carbonyl (C=O) groups excluding carboxylic acids is 3. The summed E-state index contributed by atoms with van der Waals surface area (Å²) in [5.41, 5.74) is -0.502. The van der Waals surface area contributed by atoms with Gasteiger partial charge in [0, 0.05) is 0 Å². The smallest absolute Gasteiger partial charge is 0.318 e. The zero-order valence-electron chi connectivity index (χ0n) is 19.2.